The van der Waals surface area contributed by atoms with Crippen molar-refractivity contribution < 1.29 is 8.42 Å². The summed E-state index contributed by atoms with van der Waals surface area (Å²) in [5.41, 5.74) is 1.75. The standard InChI is InChI=1S/C22H36N4O2S/c1-8-12-26(13-9-2)20(17(3)4)16-25-22(23-6)24-15-19-10-11-21(18(5)14-19)29(7,27)28/h8-11,14,17,20H,1-2,12-13,15-16H2,3-7H3,(H2,23,24,25). The fourth-order valence-corrected chi connectivity index (χ4v) is 4.27. The number of aryl methyl sites for hydroxylation is 1. The molecule has 0 amide bonds. The van der Waals surface area contributed by atoms with Crippen molar-refractivity contribution in [1.29, 1.82) is 0 Å². The van der Waals surface area contributed by atoms with Gasteiger partial charge in [-0.3, -0.25) is 9.89 Å². The maximum absolute atomic E-state index is 11.8. The van der Waals surface area contributed by atoms with E-state index in [1.165, 1.54) is 6.26 Å². The third-order valence-electron chi connectivity index (χ3n) is 4.77. The van der Waals surface area contributed by atoms with E-state index >= 15 is 0 Å². The van der Waals surface area contributed by atoms with Crippen molar-refractivity contribution in [3.8, 4) is 0 Å². The molecule has 0 aromatic heterocycles. The average Bonchev–Trinajstić information content (AvgIpc) is 2.63. The van der Waals surface area contributed by atoms with E-state index in [0.717, 1.165) is 30.8 Å². The molecule has 2 N–H and O–H groups in total. The zero-order valence-electron chi connectivity index (χ0n) is 18.4. The van der Waals surface area contributed by atoms with Crippen molar-refractivity contribution in [2.75, 3.05) is 32.9 Å². The summed E-state index contributed by atoms with van der Waals surface area (Å²) in [4.78, 5) is 7.00. The third-order valence-corrected chi connectivity index (χ3v) is 6.02. The van der Waals surface area contributed by atoms with Crippen LogP contribution in [-0.2, 0) is 16.4 Å². The van der Waals surface area contributed by atoms with Gasteiger partial charge in [0.2, 0.25) is 0 Å². The molecule has 29 heavy (non-hydrogen) atoms. The maximum atomic E-state index is 11.8. The van der Waals surface area contributed by atoms with Crippen LogP contribution in [0.2, 0.25) is 0 Å². The van der Waals surface area contributed by atoms with Crippen molar-refractivity contribution >= 4 is 15.8 Å². The molecule has 1 rings (SSSR count). The quantitative estimate of drug-likeness (QED) is 0.327. The second kappa shape index (κ2) is 11.8. The Hall–Kier alpha value is -2.12. The van der Waals surface area contributed by atoms with E-state index in [4.69, 9.17) is 0 Å². The lowest BCUT2D eigenvalue weighted by molar-refractivity contribution is 0.190. The van der Waals surface area contributed by atoms with Crippen LogP contribution in [0.15, 0.2) is 53.4 Å². The van der Waals surface area contributed by atoms with Gasteiger partial charge in [-0.25, -0.2) is 8.42 Å². The summed E-state index contributed by atoms with van der Waals surface area (Å²) in [6, 6.07) is 5.69. The van der Waals surface area contributed by atoms with Gasteiger partial charge in [0.1, 0.15) is 0 Å². The first kappa shape index (κ1) is 24.9. The Bertz CT molecular complexity index is 806. The van der Waals surface area contributed by atoms with Crippen LogP contribution in [0, 0.1) is 12.8 Å². The van der Waals surface area contributed by atoms with Gasteiger partial charge in [0.15, 0.2) is 15.8 Å². The minimum absolute atomic E-state index is 0.306. The van der Waals surface area contributed by atoms with Gasteiger partial charge in [-0.1, -0.05) is 38.1 Å². The Kier molecular flexibility index (Phi) is 10.1. The molecule has 162 valence electrons. The first-order chi connectivity index (χ1) is 13.6. The first-order valence-corrected chi connectivity index (χ1v) is 11.7. The molecule has 0 aliphatic heterocycles. The van der Waals surface area contributed by atoms with Gasteiger partial charge in [0.25, 0.3) is 0 Å². The lowest BCUT2D eigenvalue weighted by atomic mass is 10.0. The highest BCUT2D eigenvalue weighted by molar-refractivity contribution is 7.90. The fourth-order valence-electron chi connectivity index (χ4n) is 3.31. The van der Waals surface area contributed by atoms with Crippen molar-refractivity contribution in [2.24, 2.45) is 10.9 Å². The van der Waals surface area contributed by atoms with Gasteiger partial charge in [0.05, 0.1) is 4.90 Å². The summed E-state index contributed by atoms with van der Waals surface area (Å²) in [7, 11) is -1.47. The zero-order valence-corrected chi connectivity index (χ0v) is 19.2. The Balaban J connectivity index is 2.75. The molecule has 0 radical (unpaired) electrons. The lowest BCUT2D eigenvalue weighted by Gasteiger charge is -2.33. The van der Waals surface area contributed by atoms with Crippen LogP contribution in [0.25, 0.3) is 0 Å². The number of guanidine groups is 1. The second-order valence-corrected chi connectivity index (χ2v) is 9.51. The van der Waals surface area contributed by atoms with E-state index in [2.05, 4.69) is 47.5 Å². The summed E-state index contributed by atoms with van der Waals surface area (Å²) in [5.74, 6) is 1.16. The summed E-state index contributed by atoms with van der Waals surface area (Å²) in [6.07, 6.45) is 5.05. The van der Waals surface area contributed by atoms with Gasteiger partial charge in [-0.05, 0) is 30.0 Å². The summed E-state index contributed by atoms with van der Waals surface area (Å²) >= 11 is 0. The monoisotopic (exact) mass is 420 g/mol. The van der Waals surface area contributed by atoms with Crippen molar-refractivity contribution in [2.45, 2.75) is 38.3 Å². The molecule has 0 aliphatic rings. The van der Waals surface area contributed by atoms with Crippen molar-refractivity contribution in [3.05, 3.63) is 54.6 Å². The number of nitrogens with zero attached hydrogens (tertiary/aromatic N) is 2. The Morgan fingerprint density at radius 1 is 1.21 bits per heavy atom. The van der Waals surface area contributed by atoms with Gasteiger partial charge in [-0.2, -0.15) is 0 Å². The molecule has 0 aliphatic carbocycles. The maximum Gasteiger partial charge on any atom is 0.191 e. The Morgan fingerprint density at radius 2 is 1.83 bits per heavy atom. The van der Waals surface area contributed by atoms with Gasteiger partial charge in [0, 0.05) is 45.5 Å². The highest BCUT2D eigenvalue weighted by Gasteiger charge is 2.20. The average molecular weight is 421 g/mol. The SMILES string of the molecule is C=CCN(CC=C)C(CNC(=NC)NCc1ccc(S(C)(=O)=O)c(C)c1)C(C)C. The minimum atomic E-state index is -3.21. The Morgan fingerprint density at radius 3 is 2.28 bits per heavy atom. The number of benzene rings is 1. The Labute approximate surface area is 176 Å². The van der Waals surface area contributed by atoms with Crippen LogP contribution < -0.4 is 10.6 Å². The molecular formula is C22H36N4O2S. The molecule has 0 spiro atoms. The smallest absolute Gasteiger partial charge is 0.191 e. The predicted octanol–water partition coefficient (Wildman–Crippen LogP) is 2.76. The van der Waals surface area contributed by atoms with E-state index in [-0.39, 0.29) is 0 Å². The number of sulfone groups is 1. The third kappa shape index (κ3) is 8.03. The zero-order chi connectivity index (χ0) is 22.0. The van der Waals surface area contributed by atoms with Crippen LogP contribution in [0.5, 0.6) is 0 Å². The molecule has 7 heteroatoms. The fraction of sp³-hybridized carbons (Fsp3) is 0.500. The van der Waals surface area contributed by atoms with Crippen LogP contribution in [0.4, 0.5) is 0 Å². The van der Waals surface area contributed by atoms with Crippen LogP contribution in [-0.4, -0.2) is 58.3 Å². The van der Waals surface area contributed by atoms with Gasteiger partial charge in [-0.15, -0.1) is 13.2 Å². The van der Waals surface area contributed by atoms with Crippen LogP contribution >= 0.6 is 0 Å². The van der Waals surface area contributed by atoms with E-state index in [1.54, 1.807) is 13.1 Å². The van der Waals surface area contributed by atoms with Gasteiger partial charge >= 0.3 is 0 Å². The molecule has 6 nitrogen and oxygen atoms in total. The largest absolute Gasteiger partial charge is 0.355 e. The van der Waals surface area contributed by atoms with Crippen LogP contribution in [0.3, 0.4) is 0 Å². The van der Waals surface area contributed by atoms with Crippen molar-refractivity contribution in [1.82, 2.24) is 15.5 Å². The van der Waals surface area contributed by atoms with E-state index in [1.807, 2.05) is 31.2 Å². The van der Waals surface area contributed by atoms with Gasteiger partial charge < -0.3 is 10.6 Å². The number of hydrogen-bond acceptors (Lipinski definition) is 4. The molecule has 0 saturated carbocycles. The highest BCUT2D eigenvalue weighted by atomic mass is 32.2. The summed E-state index contributed by atoms with van der Waals surface area (Å²) < 4.78 is 23.5. The molecule has 0 bridgehead atoms. The number of nitrogens with one attached hydrogen (secondary N) is 2. The summed E-state index contributed by atoms with van der Waals surface area (Å²) in [6.45, 7) is 16.8. The molecule has 1 atom stereocenters. The topological polar surface area (TPSA) is 73.8 Å². The van der Waals surface area contributed by atoms with E-state index < -0.39 is 9.84 Å². The predicted molar refractivity (Wildman–Crippen MR) is 123 cm³/mol. The highest BCUT2D eigenvalue weighted by Crippen LogP contribution is 2.16. The first-order valence-electron chi connectivity index (χ1n) is 9.84. The molecular weight excluding hydrogens is 384 g/mol. The van der Waals surface area contributed by atoms with Crippen LogP contribution in [0.1, 0.15) is 25.0 Å². The number of aliphatic imine (C=N–C) groups is 1. The van der Waals surface area contributed by atoms with E-state index in [9.17, 15) is 8.42 Å². The molecule has 0 fully saturated rings. The molecule has 1 unspecified atom stereocenters. The summed E-state index contributed by atoms with van der Waals surface area (Å²) in [5, 5.41) is 6.70. The molecule has 1 aromatic carbocycles. The minimum Gasteiger partial charge on any atom is -0.355 e. The lowest BCUT2D eigenvalue weighted by Crippen LogP contribution is -2.49. The second-order valence-electron chi connectivity index (χ2n) is 7.52. The normalized spacial score (nSPS) is 13.4. The molecule has 1 aromatic rings. The molecule has 0 saturated heterocycles. The number of rotatable bonds is 11. The van der Waals surface area contributed by atoms with E-state index in [0.29, 0.717) is 29.4 Å². The molecule has 0 heterocycles. The number of hydrogen-bond donors (Lipinski definition) is 2. The van der Waals surface area contributed by atoms with Crippen molar-refractivity contribution in [3.63, 3.8) is 0 Å².